The van der Waals surface area contributed by atoms with Gasteiger partial charge in [0.2, 0.25) is 16.9 Å². The first-order valence-corrected chi connectivity index (χ1v) is 9.40. The van der Waals surface area contributed by atoms with Crippen molar-refractivity contribution < 1.29 is 4.42 Å². The minimum atomic E-state index is -0.0914. The summed E-state index contributed by atoms with van der Waals surface area (Å²) in [6.07, 6.45) is 0. The number of hydrogen-bond donors (Lipinski definition) is 0. The number of hydrogen-bond acceptors (Lipinski definition) is 7. The van der Waals surface area contributed by atoms with Gasteiger partial charge in [0.1, 0.15) is 0 Å². The van der Waals surface area contributed by atoms with E-state index in [1.165, 1.54) is 17.3 Å². The van der Waals surface area contributed by atoms with Crippen molar-refractivity contribution in [2.24, 2.45) is 0 Å². The predicted octanol–water partition coefficient (Wildman–Crippen LogP) is 4.18. The average Bonchev–Trinajstić information content (AvgIpc) is 3.32. The predicted molar refractivity (Wildman–Crippen MR) is 103 cm³/mol. The van der Waals surface area contributed by atoms with Crippen LogP contribution in [-0.4, -0.2) is 30.4 Å². The molecule has 0 aliphatic carbocycles. The fourth-order valence-corrected chi connectivity index (χ4v) is 3.43. The van der Waals surface area contributed by atoms with E-state index in [2.05, 4.69) is 25.7 Å². The summed E-state index contributed by atoms with van der Waals surface area (Å²) in [6, 6.07) is 16.0. The van der Waals surface area contributed by atoms with Gasteiger partial charge in [-0.1, -0.05) is 41.6 Å². The highest BCUT2D eigenvalue weighted by Gasteiger charge is 2.20. The highest BCUT2D eigenvalue weighted by molar-refractivity contribution is 7.99. The molecule has 0 saturated carbocycles. The Bertz CT molecular complexity index is 1060. The highest BCUT2D eigenvalue weighted by Crippen LogP contribution is 2.34. The molecule has 4 rings (SSSR count). The van der Waals surface area contributed by atoms with Gasteiger partial charge >= 0.3 is 0 Å². The third-order valence-electron chi connectivity index (χ3n) is 4.06. The molecule has 1 unspecified atom stereocenters. The van der Waals surface area contributed by atoms with Crippen LogP contribution < -0.4 is 0 Å². The van der Waals surface area contributed by atoms with Crippen molar-refractivity contribution in [1.29, 1.82) is 0 Å². The Labute approximate surface area is 160 Å². The number of aryl methyl sites for hydroxylation is 2. The fraction of sp³-hybridized carbons (Fsp3) is 0.211. The van der Waals surface area contributed by atoms with Crippen LogP contribution in [0.3, 0.4) is 0 Å². The largest absolute Gasteiger partial charge is 0.419 e. The van der Waals surface area contributed by atoms with Gasteiger partial charge in [-0.05, 0) is 61.0 Å². The van der Waals surface area contributed by atoms with Crippen LogP contribution in [0.15, 0.2) is 58.1 Å². The summed E-state index contributed by atoms with van der Waals surface area (Å²) in [7, 11) is 0. The molecule has 0 amide bonds. The summed E-state index contributed by atoms with van der Waals surface area (Å²) in [6.45, 7) is 6.07. The third kappa shape index (κ3) is 3.75. The van der Waals surface area contributed by atoms with Crippen molar-refractivity contribution in [2.45, 2.75) is 31.2 Å². The standard InChI is InChI=1S/C19H18N6OS/c1-12-7-9-15(10-8-12)18-21-20-17(26-18)14(3)27-19-22-23-24-25(19)16-6-4-5-13(2)11-16/h4-11,14H,1-3H3. The monoisotopic (exact) mass is 378 g/mol. The fourth-order valence-electron chi connectivity index (χ4n) is 2.59. The first-order chi connectivity index (χ1) is 13.1. The molecule has 2 aromatic heterocycles. The van der Waals surface area contributed by atoms with Gasteiger partial charge in [0.15, 0.2) is 0 Å². The lowest BCUT2D eigenvalue weighted by molar-refractivity contribution is 0.508. The second-order valence-electron chi connectivity index (χ2n) is 6.28. The quantitative estimate of drug-likeness (QED) is 0.482. The van der Waals surface area contributed by atoms with Gasteiger partial charge < -0.3 is 4.42 Å². The van der Waals surface area contributed by atoms with Gasteiger partial charge in [-0.3, -0.25) is 0 Å². The SMILES string of the molecule is Cc1ccc(-c2nnc(C(C)Sc3nnnn3-c3cccc(C)c3)o2)cc1. The molecule has 2 heterocycles. The maximum atomic E-state index is 5.86. The summed E-state index contributed by atoms with van der Waals surface area (Å²) in [5.74, 6) is 1.05. The average molecular weight is 378 g/mol. The molecule has 2 aromatic carbocycles. The van der Waals surface area contributed by atoms with Gasteiger partial charge in [0.25, 0.3) is 0 Å². The molecule has 0 radical (unpaired) electrons. The molecule has 0 saturated heterocycles. The molecule has 4 aromatic rings. The van der Waals surface area contributed by atoms with E-state index in [1.54, 1.807) is 4.68 Å². The summed E-state index contributed by atoms with van der Waals surface area (Å²) < 4.78 is 7.58. The van der Waals surface area contributed by atoms with Crippen LogP contribution in [0.2, 0.25) is 0 Å². The maximum Gasteiger partial charge on any atom is 0.247 e. The minimum Gasteiger partial charge on any atom is -0.419 e. The zero-order valence-electron chi connectivity index (χ0n) is 15.2. The molecule has 0 aliphatic rings. The van der Waals surface area contributed by atoms with Crippen molar-refractivity contribution in [3.05, 3.63) is 65.5 Å². The van der Waals surface area contributed by atoms with E-state index in [-0.39, 0.29) is 5.25 Å². The summed E-state index contributed by atoms with van der Waals surface area (Å²) in [4.78, 5) is 0. The third-order valence-corrected chi connectivity index (χ3v) is 5.08. The number of benzene rings is 2. The van der Waals surface area contributed by atoms with E-state index in [1.807, 2.05) is 69.3 Å². The number of rotatable bonds is 5. The molecule has 0 bridgehead atoms. The number of aromatic nitrogens is 6. The van der Waals surface area contributed by atoms with Gasteiger partial charge in [-0.25, -0.2) is 0 Å². The minimum absolute atomic E-state index is 0.0914. The zero-order chi connectivity index (χ0) is 18.8. The van der Waals surface area contributed by atoms with Crippen LogP contribution in [0.1, 0.15) is 29.2 Å². The van der Waals surface area contributed by atoms with Crippen LogP contribution in [0.5, 0.6) is 0 Å². The van der Waals surface area contributed by atoms with Crippen molar-refractivity contribution in [1.82, 2.24) is 30.4 Å². The molecule has 8 heteroatoms. The van der Waals surface area contributed by atoms with E-state index >= 15 is 0 Å². The van der Waals surface area contributed by atoms with Crippen LogP contribution in [0.25, 0.3) is 17.1 Å². The Morgan fingerprint density at radius 2 is 1.78 bits per heavy atom. The molecule has 0 spiro atoms. The van der Waals surface area contributed by atoms with Crippen LogP contribution >= 0.6 is 11.8 Å². The lowest BCUT2D eigenvalue weighted by Crippen LogP contribution is -2.00. The molecular weight excluding hydrogens is 360 g/mol. The van der Waals surface area contributed by atoms with Crippen LogP contribution in [0.4, 0.5) is 0 Å². The van der Waals surface area contributed by atoms with Gasteiger partial charge in [0, 0.05) is 5.56 Å². The van der Waals surface area contributed by atoms with E-state index < -0.39 is 0 Å². The van der Waals surface area contributed by atoms with Crippen LogP contribution in [0, 0.1) is 13.8 Å². The van der Waals surface area contributed by atoms with Crippen LogP contribution in [-0.2, 0) is 0 Å². The Morgan fingerprint density at radius 3 is 2.56 bits per heavy atom. The van der Waals surface area contributed by atoms with E-state index in [0.29, 0.717) is 16.9 Å². The highest BCUT2D eigenvalue weighted by atomic mass is 32.2. The van der Waals surface area contributed by atoms with Gasteiger partial charge in [-0.2, -0.15) is 4.68 Å². The number of thioether (sulfide) groups is 1. The summed E-state index contributed by atoms with van der Waals surface area (Å²) in [5.41, 5.74) is 4.15. The topological polar surface area (TPSA) is 82.5 Å². The van der Waals surface area contributed by atoms with Crippen molar-refractivity contribution in [2.75, 3.05) is 0 Å². The number of nitrogens with zero attached hydrogens (tertiary/aromatic N) is 6. The molecular formula is C19H18N6OS. The van der Waals surface area contributed by atoms with Gasteiger partial charge in [0.05, 0.1) is 10.9 Å². The van der Waals surface area contributed by atoms with E-state index in [9.17, 15) is 0 Å². The van der Waals surface area contributed by atoms with Crippen molar-refractivity contribution >= 4 is 11.8 Å². The first kappa shape index (κ1) is 17.4. The van der Waals surface area contributed by atoms with Crippen molar-refractivity contribution in [3.63, 3.8) is 0 Å². The summed E-state index contributed by atoms with van der Waals surface area (Å²) >= 11 is 1.47. The maximum absolute atomic E-state index is 5.86. The Hall–Kier alpha value is -3.00. The first-order valence-electron chi connectivity index (χ1n) is 8.52. The van der Waals surface area contributed by atoms with Crippen molar-refractivity contribution in [3.8, 4) is 17.1 Å². The normalized spacial score (nSPS) is 12.3. The molecule has 0 aliphatic heterocycles. The molecule has 27 heavy (non-hydrogen) atoms. The molecule has 0 fully saturated rings. The molecule has 0 N–H and O–H groups in total. The Morgan fingerprint density at radius 1 is 0.963 bits per heavy atom. The Kier molecular flexibility index (Phi) is 4.72. The Balaban J connectivity index is 1.55. The smallest absolute Gasteiger partial charge is 0.247 e. The molecule has 136 valence electrons. The lowest BCUT2D eigenvalue weighted by atomic mass is 10.1. The molecule has 7 nitrogen and oxygen atoms in total. The molecule has 1 atom stereocenters. The number of tetrazole rings is 1. The summed E-state index contributed by atoms with van der Waals surface area (Å²) in [5, 5.41) is 21.0. The lowest BCUT2D eigenvalue weighted by Gasteiger charge is -2.07. The second-order valence-corrected chi connectivity index (χ2v) is 7.59. The van der Waals surface area contributed by atoms with E-state index in [0.717, 1.165) is 16.8 Å². The second kappa shape index (κ2) is 7.32. The van der Waals surface area contributed by atoms with E-state index in [4.69, 9.17) is 4.42 Å². The zero-order valence-corrected chi connectivity index (χ0v) is 16.0. The van der Waals surface area contributed by atoms with Gasteiger partial charge in [-0.15, -0.1) is 15.3 Å².